The quantitative estimate of drug-likeness (QED) is 0.799. The van der Waals surface area contributed by atoms with Crippen LogP contribution in [-0.4, -0.2) is 34.5 Å². The maximum atomic E-state index is 12.5. The van der Waals surface area contributed by atoms with E-state index in [9.17, 15) is 9.59 Å². The summed E-state index contributed by atoms with van der Waals surface area (Å²) in [7, 11) is 0. The first kappa shape index (κ1) is 17.2. The molecule has 1 N–H and O–H groups in total. The molecule has 0 aromatic heterocycles. The van der Waals surface area contributed by atoms with E-state index in [4.69, 9.17) is 5.11 Å². The molecule has 0 radical (unpaired) electrons. The number of unbranched alkanes of at least 4 members (excludes halogenated alkanes) is 1. The van der Waals surface area contributed by atoms with Gasteiger partial charge in [-0.3, -0.25) is 9.59 Å². The van der Waals surface area contributed by atoms with Gasteiger partial charge in [0.05, 0.1) is 0 Å². The Kier molecular flexibility index (Phi) is 6.92. The highest BCUT2D eigenvalue weighted by Gasteiger charge is 2.22. The normalized spacial score (nSPS) is 12.0. The lowest BCUT2D eigenvalue weighted by atomic mass is 10.1. The summed E-state index contributed by atoms with van der Waals surface area (Å²) >= 11 is 0. The van der Waals surface area contributed by atoms with Crippen molar-refractivity contribution in [1.29, 1.82) is 0 Å². The Bertz CT molecular complexity index is 467. The lowest BCUT2D eigenvalue weighted by Gasteiger charge is -2.27. The number of carboxylic acid groups (broad SMARTS) is 1. The molecule has 116 valence electrons. The highest BCUT2D eigenvalue weighted by Crippen LogP contribution is 2.13. The largest absolute Gasteiger partial charge is 0.480 e. The summed E-state index contributed by atoms with van der Waals surface area (Å²) in [5.41, 5.74) is 1.76. The van der Waals surface area contributed by atoms with Gasteiger partial charge in [0.25, 0.3) is 5.91 Å². The van der Waals surface area contributed by atoms with Gasteiger partial charge >= 0.3 is 5.97 Å². The van der Waals surface area contributed by atoms with Crippen LogP contribution in [0.2, 0.25) is 0 Å². The monoisotopic (exact) mass is 291 g/mol. The third-order valence-corrected chi connectivity index (χ3v) is 3.71. The van der Waals surface area contributed by atoms with E-state index in [-0.39, 0.29) is 18.5 Å². The van der Waals surface area contributed by atoms with Gasteiger partial charge in [0.15, 0.2) is 0 Å². The fourth-order valence-corrected chi connectivity index (χ4v) is 2.15. The molecule has 0 saturated carbocycles. The summed E-state index contributed by atoms with van der Waals surface area (Å²) in [6.45, 7) is 5.70. The first-order valence-electron chi connectivity index (χ1n) is 7.61. The van der Waals surface area contributed by atoms with Crippen molar-refractivity contribution < 1.29 is 14.7 Å². The molecule has 1 atom stereocenters. The van der Waals surface area contributed by atoms with E-state index in [1.54, 1.807) is 12.1 Å². The molecule has 0 aliphatic carbocycles. The standard InChI is InChI=1S/C17H25NO3/c1-4-6-7-14-8-10-15(11-9-14)17(21)18(12-16(19)20)13(3)5-2/h8-11,13H,4-7,12H2,1-3H3,(H,19,20). The zero-order chi connectivity index (χ0) is 15.8. The summed E-state index contributed by atoms with van der Waals surface area (Å²) < 4.78 is 0. The molecular weight excluding hydrogens is 266 g/mol. The van der Waals surface area contributed by atoms with E-state index < -0.39 is 5.97 Å². The van der Waals surface area contributed by atoms with Gasteiger partial charge in [-0.25, -0.2) is 0 Å². The summed E-state index contributed by atoms with van der Waals surface area (Å²) in [5.74, 6) is -1.20. The van der Waals surface area contributed by atoms with Gasteiger partial charge in [-0.05, 0) is 43.9 Å². The molecule has 1 amide bonds. The number of nitrogens with zero attached hydrogens (tertiary/aromatic N) is 1. The van der Waals surface area contributed by atoms with Gasteiger partial charge in [0.1, 0.15) is 6.54 Å². The van der Waals surface area contributed by atoms with Gasteiger partial charge < -0.3 is 10.0 Å². The van der Waals surface area contributed by atoms with Crippen LogP contribution in [0.25, 0.3) is 0 Å². The van der Waals surface area contributed by atoms with Crippen molar-refractivity contribution in [3.8, 4) is 0 Å². The second-order valence-corrected chi connectivity index (χ2v) is 5.38. The molecule has 1 unspecified atom stereocenters. The van der Waals surface area contributed by atoms with Crippen molar-refractivity contribution >= 4 is 11.9 Å². The Balaban J connectivity index is 2.85. The van der Waals surface area contributed by atoms with Gasteiger partial charge in [-0.1, -0.05) is 32.4 Å². The van der Waals surface area contributed by atoms with E-state index in [1.165, 1.54) is 10.5 Å². The molecule has 21 heavy (non-hydrogen) atoms. The third-order valence-electron chi connectivity index (χ3n) is 3.71. The summed E-state index contributed by atoms with van der Waals surface area (Å²) in [4.78, 5) is 24.8. The van der Waals surface area contributed by atoms with E-state index in [0.717, 1.165) is 25.7 Å². The van der Waals surface area contributed by atoms with Crippen LogP contribution in [0.4, 0.5) is 0 Å². The van der Waals surface area contributed by atoms with Crippen LogP contribution in [0.5, 0.6) is 0 Å². The average Bonchev–Trinajstić information content (AvgIpc) is 2.49. The number of aliphatic carboxylic acids is 1. The van der Waals surface area contributed by atoms with Gasteiger partial charge in [0.2, 0.25) is 0 Å². The number of rotatable bonds is 8. The Morgan fingerprint density at radius 1 is 1.19 bits per heavy atom. The van der Waals surface area contributed by atoms with Crippen LogP contribution < -0.4 is 0 Å². The van der Waals surface area contributed by atoms with E-state index in [0.29, 0.717) is 5.56 Å². The molecule has 0 saturated heterocycles. The van der Waals surface area contributed by atoms with Crippen molar-refractivity contribution in [2.45, 2.75) is 52.5 Å². The van der Waals surface area contributed by atoms with Crippen LogP contribution in [0, 0.1) is 0 Å². The van der Waals surface area contributed by atoms with Gasteiger partial charge in [-0.2, -0.15) is 0 Å². The number of amides is 1. The maximum absolute atomic E-state index is 12.5. The van der Waals surface area contributed by atoms with Crippen LogP contribution in [0.15, 0.2) is 24.3 Å². The van der Waals surface area contributed by atoms with E-state index in [2.05, 4.69) is 6.92 Å². The fourth-order valence-electron chi connectivity index (χ4n) is 2.15. The molecule has 4 nitrogen and oxygen atoms in total. The van der Waals surface area contributed by atoms with Gasteiger partial charge in [-0.15, -0.1) is 0 Å². The molecule has 1 aromatic rings. The molecule has 1 aromatic carbocycles. The second-order valence-electron chi connectivity index (χ2n) is 5.38. The molecule has 0 heterocycles. The SMILES string of the molecule is CCCCc1ccc(C(=O)N(CC(=O)O)C(C)CC)cc1. The lowest BCUT2D eigenvalue weighted by Crippen LogP contribution is -2.41. The minimum Gasteiger partial charge on any atom is -0.480 e. The minimum atomic E-state index is -0.983. The Morgan fingerprint density at radius 2 is 1.81 bits per heavy atom. The van der Waals surface area contributed by atoms with Crippen molar-refractivity contribution in [2.24, 2.45) is 0 Å². The fraction of sp³-hybridized carbons (Fsp3) is 0.529. The molecule has 0 fully saturated rings. The Labute approximate surface area is 126 Å². The lowest BCUT2D eigenvalue weighted by molar-refractivity contribution is -0.138. The summed E-state index contributed by atoms with van der Waals surface area (Å²) in [5, 5.41) is 8.97. The number of hydrogen-bond acceptors (Lipinski definition) is 2. The molecule has 0 spiro atoms. The zero-order valence-electron chi connectivity index (χ0n) is 13.1. The average molecular weight is 291 g/mol. The molecular formula is C17H25NO3. The van der Waals surface area contributed by atoms with E-state index in [1.807, 2.05) is 26.0 Å². The molecule has 4 heteroatoms. The Hall–Kier alpha value is -1.84. The van der Waals surface area contributed by atoms with Crippen molar-refractivity contribution in [3.05, 3.63) is 35.4 Å². The maximum Gasteiger partial charge on any atom is 0.323 e. The van der Waals surface area contributed by atoms with Crippen LogP contribution in [-0.2, 0) is 11.2 Å². The number of carboxylic acids is 1. The van der Waals surface area contributed by atoms with Crippen molar-refractivity contribution in [1.82, 2.24) is 4.90 Å². The predicted molar refractivity (Wildman–Crippen MR) is 83.5 cm³/mol. The molecule has 1 rings (SSSR count). The van der Waals surface area contributed by atoms with Gasteiger partial charge in [0, 0.05) is 11.6 Å². The molecule has 0 bridgehead atoms. The highest BCUT2D eigenvalue weighted by molar-refractivity contribution is 5.96. The minimum absolute atomic E-state index is 0.0895. The predicted octanol–water partition coefficient (Wildman–Crippen LogP) is 3.35. The van der Waals surface area contributed by atoms with Crippen LogP contribution in [0.1, 0.15) is 56.0 Å². The van der Waals surface area contributed by atoms with E-state index >= 15 is 0 Å². The van der Waals surface area contributed by atoms with Crippen molar-refractivity contribution in [3.63, 3.8) is 0 Å². The first-order valence-corrected chi connectivity index (χ1v) is 7.61. The summed E-state index contributed by atoms with van der Waals surface area (Å²) in [6.07, 6.45) is 4.01. The second kappa shape index (κ2) is 8.45. The number of aryl methyl sites for hydroxylation is 1. The topological polar surface area (TPSA) is 57.6 Å². The highest BCUT2D eigenvalue weighted by atomic mass is 16.4. The number of benzene rings is 1. The number of hydrogen-bond donors (Lipinski definition) is 1. The number of carbonyl (C=O) groups is 2. The molecule has 0 aliphatic rings. The zero-order valence-corrected chi connectivity index (χ0v) is 13.1. The third kappa shape index (κ3) is 5.21. The summed E-state index contributed by atoms with van der Waals surface area (Å²) in [6, 6.07) is 7.42. The van der Waals surface area contributed by atoms with Crippen molar-refractivity contribution in [2.75, 3.05) is 6.54 Å². The smallest absolute Gasteiger partial charge is 0.323 e. The number of carbonyl (C=O) groups excluding carboxylic acids is 1. The Morgan fingerprint density at radius 3 is 2.29 bits per heavy atom. The van der Waals surface area contributed by atoms with Crippen LogP contribution in [0.3, 0.4) is 0 Å². The first-order chi connectivity index (χ1) is 9.99. The van der Waals surface area contributed by atoms with Crippen LogP contribution >= 0.6 is 0 Å². The molecule has 0 aliphatic heterocycles.